The van der Waals surface area contributed by atoms with Gasteiger partial charge in [0.15, 0.2) is 11.6 Å². The third kappa shape index (κ3) is 3.72. The predicted octanol–water partition coefficient (Wildman–Crippen LogP) is 11.0. The van der Waals surface area contributed by atoms with Crippen molar-refractivity contribution in [3.05, 3.63) is 145 Å². The number of benzene rings is 6. The summed E-state index contributed by atoms with van der Waals surface area (Å²) in [6, 6.07) is 47.4. The standard InChI is InChI=1S/C42H28N4S/c1-42(2)32-20-9-6-17-30(32)36-33(42)24-23-28-26-15-7-10-21-34(26)46(37(28)36)41-44-39(25-13-4-3-5-14-25)43-40(45-41)31-19-12-18-29-27-16-8-11-22-35(27)47-38(29)31/h3-24H,1-2H3. The van der Waals surface area contributed by atoms with Crippen LogP contribution in [0.15, 0.2) is 133 Å². The lowest BCUT2D eigenvalue weighted by Crippen LogP contribution is -2.14. The van der Waals surface area contributed by atoms with Gasteiger partial charge in [0, 0.05) is 53.1 Å². The van der Waals surface area contributed by atoms with Crippen molar-refractivity contribution >= 4 is 53.3 Å². The number of para-hydroxylation sites is 1. The van der Waals surface area contributed by atoms with Gasteiger partial charge in [-0.2, -0.15) is 9.97 Å². The Morgan fingerprint density at radius 2 is 1.23 bits per heavy atom. The largest absolute Gasteiger partial charge is 0.277 e. The highest BCUT2D eigenvalue weighted by molar-refractivity contribution is 7.26. The van der Waals surface area contributed by atoms with E-state index in [0.29, 0.717) is 17.6 Å². The summed E-state index contributed by atoms with van der Waals surface area (Å²) in [7, 11) is 0. The molecule has 0 atom stereocenters. The second-order valence-electron chi connectivity index (χ2n) is 12.8. The molecule has 0 aliphatic heterocycles. The van der Waals surface area contributed by atoms with Crippen LogP contribution in [0.5, 0.6) is 0 Å². The zero-order valence-electron chi connectivity index (χ0n) is 25.9. The number of thiophene rings is 1. The molecular weight excluding hydrogens is 593 g/mol. The van der Waals surface area contributed by atoms with Gasteiger partial charge in [0.2, 0.25) is 5.95 Å². The summed E-state index contributed by atoms with van der Waals surface area (Å²) in [6.07, 6.45) is 0. The Bertz CT molecular complexity index is 2720. The summed E-state index contributed by atoms with van der Waals surface area (Å²) in [6.45, 7) is 4.66. The van der Waals surface area contributed by atoms with Crippen LogP contribution in [0.3, 0.4) is 0 Å². The van der Waals surface area contributed by atoms with E-state index >= 15 is 0 Å². The molecule has 0 spiro atoms. The summed E-state index contributed by atoms with van der Waals surface area (Å²) < 4.78 is 4.72. The molecule has 1 aliphatic rings. The summed E-state index contributed by atoms with van der Waals surface area (Å²) in [5, 5.41) is 4.86. The second kappa shape index (κ2) is 9.68. The van der Waals surface area contributed by atoms with Crippen molar-refractivity contribution in [2.24, 2.45) is 0 Å². The van der Waals surface area contributed by atoms with E-state index in [1.54, 1.807) is 11.3 Å². The van der Waals surface area contributed by atoms with Crippen LogP contribution in [-0.4, -0.2) is 19.5 Å². The van der Waals surface area contributed by atoms with E-state index in [9.17, 15) is 0 Å². The normalized spacial score (nSPS) is 13.5. The molecule has 9 aromatic rings. The lowest BCUT2D eigenvalue weighted by atomic mass is 9.82. The van der Waals surface area contributed by atoms with E-state index in [-0.39, 0.29) is 5.41 Å². The zero-order chi connectivity index (χ0) is 31.3. The van der Waals surface area contributed by atoms with E-state index < -0.39 is 0 Å². The topological polar surface area (TPSA) is 43.6 Å². The highest BCUT2D eigenvalue weighted by atomic mass is 32.1. The van der Waals surface area contributed by atoms with Gasteiger partial charge in [-0.3, -0.25) is 4.57 Å². The van der Waals surface area contributed by atoms with Crippen LogP contribution in [0, 0.1) is 0 Å². The SMILES string of the molecule is CC1(C)c2ccccc2-c2c1ccc1c3ccccc3n(-c3nc(-c4ccccc4)nc(-c4cccc5c4sc4ccccc45)n3)c21. The molecule has 0 N–H and O–H groups in total. The van der Waals surface area contributed by atoms with Gasteiger partial charge in [0.1, 0.15) is 0 Å². The molecule has 0 saturated heterocycles. The van der Waals surface area contributed by atoms with E-state index in [1.165, 1.54) is 53.2 Å². The molecule has 0 fully saturated rings. The Hall–Kier alpha value is -5.65. The summed E-state index contributed by atoms with van der Waals surface area (Å²) in [4.78, 5) is 15.8. The minimum Gasteiger partial charge on any atom is -0.277 e. The molecule has 1 aliphatic carbocycles. The van der Waals surface area contributed by atoms with Crippen molar-refractivity contribution in [2.45, 2.75) is 19.3 Å². The van der Waals surface area contributed by atoms with E-state index in [4.69, 9.17) is 15.0 Å². The fourth-order valence-electron chi connectivity index (χ4n) is 7.67. The van der Waals surface area contributed by atoms with Crippen molar-refractivity contribution in [3.63, 3.8) is 0 Å². The summed E-state index contributed by atoms with van der Waals surface area (Å²) >= 11 is 1.79. The fraction of sp³-hybridized carbons (Fsp3) is 0.0714. The number of hydrogen-bond acceptors (Lipinski definition) is 4. The first-order valence-electron chi connectivity index (χ1n) is 16.0. The average Bonchev–Trinajstić information content (AvgIpc) is 3.74. The Morgan fingerprint density at radius 1 is 0.532 bits per heavy atom. The molecule has 10 rings (SSSR count). The molecule has 0 bridgehead atoms. The number of aromatic nitrogens is 4. The lowest BCUT2D eigenvalue weighted by Gasteiger charge is -2.21. The van der Waals surface area contributed by atoms with Gasteiger partial charge in [-0.25, -0.2) is 4.98 Å². The highest BCUT2D eigenvalue weighted by Crippen LogP contribution is 2.52. The van der Waals surface area contributed by atoms with Gasteiger partial charge in [0.25, 0.3) is 0 Å². The van der Waals surface area contributed by atoms with Gasteiger partial charge < -0.3 is 0 Å². The molecule has 0 unspecified atom stereocenters. The van der Waals surface area contributed by atoms with Crippen LogP contribution >= 0.6 is 11.3 Å². The molecule has 0 saturated carbocycles. The second-order valence-corrected chi connectivity index (χ2v) is 13.9. The molecule has 5 heteroatoms. The molecule has 47 heavy (non-hydrogen) atoms. The van der Waals surface area contributed by atoms with E-state index in [0.717, 1.165) is 22.2 Å². The van der Waals surface area contributed by atoms with Crippen molar-refractivity contribution < 1.29 is 0 Å². The molecule has 3 aromatic heterocycles. The minimum absolute atomic E-state index is 0.127. The number of hydrogen-bond donors (Lipinski definition) is 0. The van der Waals surface area contributed by atoms with Gasteiger partial charge in [-0.05, 0) is 34.9 Å². The first kappa shape index (κ1) is 26.6. The Labute approximate surface area is 275 Å². The van der Waals surface area contributed by atoms with Crippen molar-refractivity contribution in [1.82, 2.24) is 19.5 Å². The Morgan fingerprint density at radius 3 is 2.13 bits per heavy atom. The zero-order valence-corrected chi connectivity index (χ0v) is 26.7. The maximum absolute atomic E-state index is 5.36. The highest BCUT2D eigenvalue weighted by Gasteiger charge is 2.37. The molecule has 6 aromatic carbocycles. The van der Waals surface area contributed by atoms with Gasteiger partial charge in [0.05, 0.1) is 11.0 Å². The van der Waals surface area contributed by atoms with Crippen LogP contribution < -0.4 is 0 Å². The van der Waals surface area contributed by atoms with Crippen LogP contribution in [-0.2, 0) is 5.41 Å². The van der Waals surface area contributed by atoms with Gasteiger partial charge in [-0.15, -0.1) is 11.3 Å². The molecule has 222 valence electrons. The molecule has 4 nitrogen and oxygen atoms in total. The quantitative estimate of drug-likeness (QED) is 0.197. The smallest absolute Gasteiger partial charge is 0.238 e. The maximum atomic E-state index is 5.36. The van der Waals surface area contributed by atoms with Crippen LogP contribution in [0.4, 0.5) is 0 Å². The Kier molecular flexibility index (Phi) is 5.47. The Balaban J connectivity index is 1.34. The van der Waals surface area contributed by atoms with Crippen molar-refractivity contribution in [1.29, 1.82) is 0 Å². The van der Waals surface area contributed by atoms with Crippen molar-refractivity contribution in [2.75, 3.05) is 0 Å². The number of rotatable bonds is 3. The maximum Gasteiger partial charge on any atom is 0.238 e. The van der Waals surface area contributed by atoms with Gasteiger partial charge >= 0.3 is 0 Å². The van der Waals surface area contributed by atoms with Crippen LogP contribution in [0.2, 0.25) is 0 Å². The number of fused-ring (bicyclic) bond motifs is 10. The first-order valence-corrected chi connectivity index (χ1v) is 16.8. The number of nitrogens with zero attached hydrogens (tertiary/aromatic N) is 4. The predicted molar refractivity (Wildman–Crippen MR) is 195 cm³/mol. The minimum atomic E-state index is -0.127. The molecule has 3 heterocycles. The van der Waals surface area contributed by atoms with Crippen LogP contribution in [0.1, 0.15) is 25.0 Å². The first-order chi connectivity index (χ1) is 23.1. The van der Waals surface area contributed by atoms with E-state index in [1.807, 2.05) is 18.2 Å². The summed E-state index contributed by atoms with van der Waals surface area (Å²) in [5.74, 6) is 1.95. The van der Waals surface area contributed by atoms with E-state index in [2.05, 4.69) is 134 Å². The average molecular weight is 621 g/mol. The van der Waals surface area contributed by atoms with Gasteiger partial charge in [-0.1, -0.05) is 129 Å². The third-order valence-electron chi connectivity index (χ3n) is 9.88. The lowest BCUT2D eigenvalue weighted by molar-refractivity contribution is 0.660. The summed E-state index contributed by atoms with van der Waals surface area (Å²) in [5.41, 5.74) is 9.26. The monoisotopic (exact) mass is 620 g/mol. The molecule has 0 radical (unpaired) electrons. The molecular formula is C42H28N4S. The molecule has 0 amide bonds. The van der Waals surface area contributed by atoms with Crippen LogP contribution in [0.25, 0.3) is 81.8 Å². The van der Waals surface area contributed by atoms with Crippen molar-refractivity contribution in [3.8, 4) is 39.9 Å². The third-order valence-corrected chi connectivity index (χ3v) is 11.1. The fourth-order valence-corrected chi connectivity index (χ4v) is 8.89.